The summed E-state index contributed by atoms with van der Waals surface area (Å²) in [5, 5.41) is 3.67. The number of nitrogens with one attached hydrogen (secondary N) is 2. The first-order valence-electron chi connectivity index (χ1n) is 9.78. The predicted molar refractivity (Wildman–Crippen MR) is 124 cm³/mol. The molecule has 1 aliphatic rings. The van der Waals surface area contributed by atoms with E-state index in [1.54, 1.807) is 6.20 Å². The number of aromatic amines is 1. The average Bonchev–Trinajstić information content (AvgIpc) is 3.24. The zero-order valence-electron chi connectivity index (χ0n) is 16.4. The first-order valence-corrected chi connectivity index (χ1v) is 11.6. The second-order valence-corrected chi connectivity index (χ2v) is 8.91. The van der Waals surface area contributed by atoms with Gasteiger partial charge in [0.05, 0.1) is 30.9 Å². The molecule has 8 heteroatoms. The maximum atomic E-state index is 12.3. The third-order valence-corrected chi connectivity index (χ3v) is 6.21. The molecule has 0 atom stereocenters. The van der Waals surface area contributed by atoms with Crippen molar-refractivity contribution in [3.05, 3.63) is 64.8 Å². The number of carbonyl (C=O) groups is 1. The molecule has 2 heterocycles. The summed E-state index contributed by atoms with van der Waals surface area (Å²) in [6.45, 7) is 4.43. The van der Waals surface area contributed by atoms with Crippen LogP contribution in [0.1, 0.15) is 5.56 Å². The van der Waals surface area contributed by atoms with Crippen molar-refractivity contribution in [2.45, 2.75) is 11.7 Å². The number of carbonyl (C=O) groups excluding carboxylic acids is 1. The Balaban J connectivity index is 1.25. The van der Waals surface area contributed by atoms with Crippen molar-refractivity contribution in [2.75, 3.05) is 37.4 Å². The van der Waals surface area contributed by atoms with Gasteiger partial charge in [0, 0.05) is 29.8 Å². The topological polar surface area (TPSA) is 70.2 Å². The molecule has 0 saturated carbocycles. The fraction of sp³-hybridized carbons (Fsp3) is 0.273. The van der Waals surface area contributed by atoms with Crippen LogP contribution in [0, 0.1) is 0 Å². The van der Waals surface area contributed by atoms with E-state index in [-0.39, 0.29) is 5.91 Å². The summed E-state index contributed by atoms with van der Waals surface area (Å²) in [6.07, 6.45) is 1.79. The van der Waals surface area contributed by atoms with Gasteiger partial charge >= 0.3 is 0 Å². The van der Waals surface area contributed by atoms with Crippen molar-refractivity contribution in [1.82, 2.24) is 14.9 Å². The van der Waals surface area contributed by atoms with E-state index in [4.69, 9.17) is 4.74 Å². The first-order chi connectivity index (χ1) is 14.7. The number of anilines is 1. The van der Waals surface area contributed by atoms with Crippen molar-refractivity contribution in [1.29, 1.82) is 0 Å². The number of H-pyrrole nitrogens is 1. The maximum absolute atomic E-state index is 12.3. The van der Waals surface area contributed by atoms with Gasteiger partial charge in [-0.2, -0.15) is 0 Å². The zero-order valence-corrected chi connectivity index (χ0v) is 18.8. The van der Waals surface area contributed by atoms with Crippen LogP contribution in [-0.2, 0) is 16.1 Å². The molecule has 0 aliphatic carbocycles. The molecule has 0 unspecified atom stereocenters. The van der Waals surface area contributed by atoms with Crippen LogP contribution in [-0.4, -0.2) is 52.8 Å². The molecule has 4 rings (SSSR count). The molecule has 1 aliphatic heterocycles. The number of amides is 1. The molecule has 1 fully saturated rings. The number of aromatic nitrogens is 2. The average molecular weight is 487 g/mol. The lowest BCUT2D eigenvalue weighted by atomic mass is 10.2. The van der Waals surface area contributed by atoms with E-state index >= 15 is 0 Å². The largest absolute Gasteiger partial charge is 0.379 e. The number of benzene rings is 2. The molecule has 2 aromatic carbocycles. The monoisotopic (exact) mass is 486 g/mol. The van der Waals surface area contributed by atoms with Crippen molar-refractivity contribution < 1.29 is 9.53 Å². The molecule has 2 N–H and O–H groups in total. The number of ether oxygens (including phenoxy) is 1. The highest BCUT2D eigenvalue weighted by Gasteiger charge is 2.11. The molecule has 0 radical (unpaired) electrons. The summed E-state index contributed by atoms with van der Waals surface area (Å²) in [4.78, 5) is 22.3. The smallest absolute Gasteiger partial charge is 0.234 e. The van der Waals surface area contributed by atoms with Crippen molar-refractivity contribution in [3.63, 3.8) is 0 Å². The Kier molecular flexibility index (Phi) is 7.22. The number of morpholine rings is 1. The lowest BCUT2D eigenvalue weighted by molar-refractivity contribution is -0.113. The van der Waals surface area contributed by atoms with Gasteiger partial charge in [0.2, 0.25) is 5.91 Å². The standard InChI is InChI=1S/C22H23BrN4O2S/c23-18-5-3-17(4-6-18)20-13-24-22(26-20)30-15-21(28)25-19-7-1-16(2-8-19)14-27-9-11-29-12-10-27/h1-8,13H,9-12,14-15H2,(H,24,26)(H,25,28). The van der Waals surface area contributed by atoms with E-state index in [1.165, 1.54) is 17.3 Å². The second kappa shape index (κ2) is 10.3. The Hall–Kier alpha value is -2.13. The van der Waals surface area contributed by atoms with Gasteiger partial charge in [0.1, 0.15) is 0 Å². The Morgan fingerprint density at radius 2 is 1.87 bits per heavy atom. The highest BCUT2D eigenvalue weighted by Crippen LogP contribution is 2.23. The minimum absolute atomic E-state index is 0.0532. The minimum atomic E-state index is -0.0532. The van der Waals surface area contributed by atoms with Gasteiger partial charge in [-0.1, -0.05) is 52.0 Å². The number of thioether (sulfide) groups is 1. The van der Waals surface area contributed by atoms with Crippen LogP contribution in [0.2, 0.25) is 0 Å². The van der Waals surface area contributed by atoms with Crippen molar-refractivity contribution in [3.8, 4) is 11.3 Å². The molecule has 1 aromatic heterocycles. The van der Waals surface area contributed by atoms with Crippen LogP contribution in [0.15, 0.2) is 64.4 Å². The Morgan fingerprint density at radius 1 is 1.13 bits per heavy atom. The zero-order chi connectivity index (χ0) is 20.8. The second-order valence-electron chi connectivity index (χ2n) is 7.03. The van der Waals surface area contributed by atoms with Crippen molar-refractivity contribution in [2.24, 2.45) is 0 Å². The molecular weight excluding hydrogens is 464 g/mol. The van der Waals surface area contributed by atoms with E-state index in [2.05, 4.69) is 48.2 Å². The first kappa shape index (κ1) is 21.1. The summed E-state index contributed by atoms with van der Waals surface area (Å²) in [5.74, 6) is 0.241. The molecule has 0 spiro atoms. The van der Waals surface area contributed by atoms with E-state index in [9.17, 15) is 4.79 Å². The quantitative estimate of drug-likeness (QED) is 0.484. The third-order valence-electron chi connectivity index (χ3n) is 4.80. The van der Waals surface area contributed by atoms with E-state index < -0.39 is 0 Å². The molecule has 1 saturated heterocycles. The van der Waals surface area contributed by atoms with Crippen LogP contribution in [0.3, 0.4) is 0 Å². The van der Waals surface area contributed by atoms with E-state index in [0.717, 1.165) is 59.4 Å². The van der Waals surface area contributed by atoms with Crippen LogP contribution in [0.4, 0.5) is 5.69 Å². The Bertz CT molecular complexity index is 970. The fourth-order valence-corrected chi connectivity index (χ4v) is 4.11. The summed E-state index contributed by atoms with van der Waals surface area (Å²) in [6, 6.07) is 16.0. The normalized spacial score (nSPS) is 14.6. The lowest BCUT2D eigenvalue weighted by Crippen LogP contribution is -2.35. The highest BCUT2D eigenvalue weighted by atomic mass is 79.9. The van der Waals surface area contributed by atoms with Gasteiger partial charge in [0.25, 0.3) is 0 Å². The summed E-state index contributed by atoms with van der Waals surface area (Å²) >= 11 is 4.82. The van der Waals surface area contributed by atoms with Gasteiger partial charge in [-0.25, -0.2) is 4.98 Å². The van der Waals surface area contributed by atoms with Crippen LogP contribution < -0.4 is 5.32 Å². The van der Waals surface area contributed by atoms with Crippen LogP contribution in [0.25, 0.3) is 11.3 Å². The number of hydrogen-bond donors (Lipinski definition) is 2. The van der Waals surface area contributed by atoms with Crippen LogP contribution in [0.5, 0.6) is 0 Å². The molecule has 6 nitrogen and oxygen atoms in total. The lowest BCUT2D eigenvalue weighted by Gasteiger charge is -2.26. The van der Waals surface area contributed by atoms with Gasteiger partial charge < -0.3 is 15.0 Å². The molecule has 30 heavy (non-hydrogen) atoms. The summed E-state index contributed by atoms with van der Waals surface area (Å²) in [7, 11) is 0. The predicted octanol–water partition coefficient (Wildman–Crippen LogP) is 4.40. The number of hydrogen-bond acceptors (Lipinski definition) is 5. The third kappa shape index (κ3) is 5.95. The number of nitrogens with zero attached hydrogens (tertiary/aromatic N) is 2. The highest BCUT2D eigenvalue weighted by molar-refractivity contribution is 9.10. The minimum Gasteiger partial charge on any atom is -0.379 e. The number of imidazole rings is 1. The van der Waals surface area contributed by atoms with Crippen molar-refractivity contribution >= 4 is 39.3 Å². The maximum Gasteiger partial charge on any atom is 0.234 e. The molecule has 0 bridgehead atoms. The van der Waals surface area contributed by atoms with Gasteiger partial charge in [-0.3, -0.25) is 9.69 Å². The molecular formula is C22H23BrN4O2S. The van der Waals surface area contributed by atoms with Gasteiger partial charge in [0.15, 0.2) is 5.16 Å². The SMILES string of the molecule is O=C(CSc1ncc(-c2ccc(Br)cc2)[nH]1)Nc1ccc(CN2CCOCC2)cc1. The van der Waals surface area contributed by atoms with Crippen LogP contribution >= 0.6 is 27.7 Å². The molecule has 3 aromatic rings. The van der Waals surface area contributed by atoms with E-state index in [0.29, 0.717) is 5.75 Å². The summed E-state index contributed by atoms with van der Waals surface area (Å²) in [5.41, 5.74) is 4.03. The van der Waals surface area contributed by atoms with E-state index in [1.807, 2.05) is 36.4 Å². The van der Waals surface area contributed by atoms with Gasteiger partial charge in [-0.15, -0.1) is 0 Å². The fourth-order valence-electron chi connectivity index (χ4n) is 3.19. The number of rotatable bonds is 7. The Morgan fingerprint density at radius 3 is 2.60 bits per heavy atom. The van der Waals surface area contributed by atoms with Gasteiger partial charge in [-0.05, 0) is 35.4 Å². The number of halogens is 1. The Labute approximate surface area is 188 Å². The molecule has 1 amide bonds. The molecule has 156 valence electrons. The summed E-state index contributed by atoms with van der Waals surface area (Å²) < 4.78 is 6.42.